The van der Waals surface area contributed by atoms with Gasteiger partial charge in [-0.05, 0) is 18.9 Å². The highest BCUT2D eigenvalue weighted by Gasteiger charge is 2.49. The van der Waals surface area contributed by atoms with Crippen LogP contribution in [0.5, 0.6) is 0 Å². The number of furan rings is 1. The zero-order valence-electron chi connectivity index (χ0n) is 10.7. The molecule has 1 aromatic rings. The average molecular weight is 261 g/mol. The fraction of sp³-hybridized carbons (Fsp3) is 0.429. The van der Waals surface area contributed by atoms with Crippen LogP contribution in [0.3, 0.4) is 0 Å². The van der Waals surface area contributed by atoms with Gasteiger partial charge in [-0.3, -0.25) is 9.69 Å². The number of allylic oxidation sites excluding steroid dienone is 2. The van der Waals surface area contributed by atoms with E-state index in [0.29, 0.717) is 19.4 Å². The molecule has 0 radical (unpaired) electrons. The van der Waals surface area contributed by atoms with Crippen LogP contribution >= 0.6 is 0 Å². The third-order valence-corrected chi connectivity index (χ3v) is 4.11. The predicted molar refractivity (Wildman–Crippen MR) is 66.4 cm³/mol. The van der Waals surface area contributed by atoms with E-state index in [2.05, 4.69) is 0 Å². The van der Waals surface area contributed by atoms with E-state index in [4.69, 9.17) is 9.15 Å². The maximum atomic E-state index is 11.8. The van der Waals surface area contributed by atoms with Crippen molar-refractivity contribution in [1.29, 1.82) is 0 Å². The van der Waals surface area contributed by atoms with Crippen molar-refractivity contribution in [3.8, 4) is 0 Å². The molecule has 1 fully saturated rings. The van der Waals surface area contributed by atoms with Gasteiger partial charge in [0.25, 0.3) is 0 Å². The van der Waals surface area contributed by atoms with Crippen molar-refractivity contribution in [2.24, 2.45) is 0 Å². The van der Waals surface area contributed by atoms with Crippen LogP contribution < -0.4 is 0 Å². The van der Waals surface area contributed by atoms with Gasteiger partial charge in [-0.1, -0.05) is 0 Å². The minimum atomic E-state index is -0.411. The van der Waals surface area contributed by atoms with E-state index in [1.807, 2.05) is 6.07 Å². The lowest BCUT2D eigenvalue weighted by Gasteiger charge is -2.33. The van der Waals surface area contributed by atoms with E-state index in [0.717, 1.165) is 17.7 Å². The van der Waals surface area contributed by atoms with Gasteiger partial charge < -0.3 is 9.15 Å². The summed E-state index contributed by atoms with van der Waals surface area (Å²) in [5.41, 5.74) is 1.49. The van der Waals surface area contributed by atoms with Gasteiger partial charge in [0.2, 0.25) is 0 Å². The lowest BCUT2D eigenvalue weighted by Crippen LogP contribution is -2.35. The molecule has 1 aliphatic heterocycles. The summed E-state index contributed by atoms with van der Waals surface area (Å²) in [6.45, 7) is 0.566. The fourth-order valence-corrected chi connectivity index (χ4v) is 3.11. The lowest BCUT2D eigenvalue weighted by atomic mass is 9.71. The molecule has 1 amide bonds. The first-order valence-electron chi connectivity index (χ1n) is 6.30. The highest BCUT2D eigenvalue weighted by atomic mass is 16.5. The molecule has 2 aliphatic rings. The Morgan fingerprint density at radius 2 is 2.32 bits per heavy atom. The molecule has 1 atom stereocenters. The second-order valence-corrected chi connectivity index (χ2v) is 4.96. The number of ether oxygens (including phenoxy) is 1. The highest BCUT2D eigenvalue weighted by Crippen LogP contribution is 2.48. The van der Waals surface area contributed by atoms with Crippen LogP contribution in [0.2, 0.25) is 0 Å². The van der Waals surface area contributed by atoms with Crippen molar-refractivity contribution < 1.29 is 18.7 Å². The number of rotatable bonds is 1. The summed E-state index contributed by atoms with van der Waals surface area (Å²) >= 11 is 0. The topological polar surface area (TPSA) is 59.8 Å². The molecule has 2 heterocycles. The molecule has 1 aromatic heterocycles. The third-order valence-electron chi connectivity index (χ3n) is 4.11. The van der Waals surface area contributed by atoms with E-state index >= 15 is 0 Å². The Kier molecular flexibility index (Phi) is 2.69. The largest absolute Gasteiger partial charge is 0.472 e. The summed E-state index contributed by atoms with van der Waals surface area (Å²) in [6, 6.07) is 1.91. The molecule has 1 aliphatic carbocycles. The Morgan fingerprint density at radius 1 is 1.47 bits per heavy atom. The first kappa shape index (κ1) is 12.0. The second kappa shape index (κ2) is 4.26. The Bertz CT molecular complexity index is 546. The smallest absolute Gasteiger partial charge is 0.413 e. The zero-order chi connectivity index (χ0) is 13.5. The van der Waals surface area contributed by atoms with E-state index in [1.54, 1.807) is 23.5 Å². The zero-order valence-corrected chi connectivity index (χ0v) is 10.7. The van der Waals surface area contributed by atoms with Gasteiger partial charge in [-0.2, -0.15) is 0 Å². The molecule has 0 saturated carbocycles. The van der Waals surface area contributed by atoms with Crippen molar-refractivity contribution in [3.05, 3.63) is 35.9 Å². The van der Waals surface area contributed by atoms with Crippen LogP contribution in [-0.4, -0.2) is 30.4 Å². The summed E-state index contributed by atoms with van der Waals surface area (Å²) < 4.78 is 9.96. The Labute approximate surface area is 110 Å². The minimum absolute atomic E-state index is 0.0601. The molecule has 1 saturated heterocycles. The number of methoxy groups -OCH3 is 1. The third kappa shape index (κ3) is 1.69. The van der Waals surface area contributed by atoms with Crippen molar-refractivity contribution in [1.82, 2.24) is 4.90 Å². The number of amides is 1. The number of carbonyl (C=O) groups is 2. The number of ketones is 1. The number of hydrogen-bond acceptors (Lipinski definition) is 4. The molecular weight excluding hydrogens is 246 g/mol. The predicted octanol–water partition coefficient (Wildman–Crippen LogP) is 2.24. The van der Waals surface area contributed by atoms with Gasteiger partial charge in [-0.25, -0.2) is 4.79 Å². The monoisotopic (exact) mass is 261 g/mol. The van der Waals surface area contributed by atoms with E-state index in [1.165, 1.54) is 7.11 Å². The van der Waals surface area contributed by atoms with Gasteiger partial charge >= 0.3 is 6.09 Å². The average Bonchev–Trinajstić information content (AvgIpc) is 3.05. The van der Waals surface area contributed by atoms with Crippen molar-refractivity contribution in [2.45, 2.75) is 24.7 Å². The summed E-state index contributed by atoms with van der Waals surface area (Å²) in [5.74, 6) is 0.0601. The maximum absolute atomic E-state index is 11.8. The van der Waals surface area contributed by atoms with E-state index in [9.17, 15) is 9.59 Å². The molecule has 100 valence electrons. The Hall–Kier alpha value is -2.04. The van der Waals surface area contributed by atoms with E-state index < -0.39 is 6.09 Å². The molecule has 3 rings (SSSR count). The summed E-state index contributed by atoms with van der Waals surface area (Å²) in [4.78, 5) is 25.1. The molecule has 5 nitrogen and oxygen atoms in total. The van der Waals surface area contributed by atoms with Crippen LogP contribution in [0.15, 0.2) is 34.8 Å². The van der Waals surface area contributed by atoms with Crippen LogP contribution in [0.4, 0.5) is 4.79 Å². The van der Waals surface area contributed by atoms with Gasteiger partial charge in [0.15, 0.2) is 5.78 Å². The van der Waals surface area contributed by atoms with Gasteiger partial charge in [-0.15, -0.1) is 0 Å². The first-order chi connectivity index (χ1) is 9.17. The molecule has 5 heteroatoms. The molecule has 0 spiro atoms. The van der Waals surface area contributed by atoms with Gasteiger partial charge in [0.05, 0.1) is 19.6 Å². The summed E-state index contributed by atoms with van der Waals surface area (Å²) in [5, 5.41) is 0. The molecule has 0 aromatic carbocycles. The molecule has 0 unspecified atom stereocenters. The Morgan fingerprint density at radius 3 is 3.00 bits per heavy atom. The molecule has 19 heavy (non-hydrogen) atoms. The maximum Gasteiger partial charge on any atom is 0.413 e. The lowest BCUT2D eigenvalue weighted by molar-refractivity contribution is -0.115. The number of carbonyl (C=O) groups excluding carboxylic acids is 2. The number of fused-ring (bicyclic) bond motifs is 1. The Balaban J connectivity index is 2.07. The van der Waals surface area contributed by atoms with Crippen LogP contribution in [0, 0.1) is 0 Å². The van der Waals surface area contributed by atoms with Gasteiger partial charge in [0.1, 0.15) is 0 Å². The fourth-order valence-electron chi connectivity index (χ4n) is 3.11. The second-order valence-electron chi connectivity index (χ2n) is 4.96. The SMILES string of the molecule is COC(=O)N1CC[C@@]2(c3ccoc3)CCC(=O)C=C12. The van der Waals surface area contributed by atoms with Crippen molar-refractivity contribution in [3.63, 3.8) is 0 Å². The van der Waals surface area contributed by atoms with Crippen LogP contribution in [0.1, 0.15) is 24.8 Å². The minimum Gasteiger partial charge on any atom is -0.472 e. The van der Waals surface area contributed by atoms with Crippen LogP contribution in [0.25, 0.3) is 0 Å². The van der Waals surface area contributed by atoms with E-state index in [-0.39, 0.29) is 11.2 Å². The van der Waals surface area contributed by atoms with Gasteiger partial charge in [0, 0.05) is 35.7 Å². The first-order valence-corrected chi connectivity index (χ1v) is 6.30. The normalized spacial score (nSPS) is 26.1. The quantitative estimate of drug-likeness (QED) is 0.777. The van der Waals surface area contributed by atoms with Crippen LogP contribution in [-0.2, 0) is 14.9 Å². The highest BCUT2D eigenvalue weighted by molar-refractivity contribution is 5.93. The molecule has 0 bridgehead atoms. The summed E-state index contributed by atoms with van der Waals surface area (Å²) in [7, 11) is 1.35. The number of nitrogens with zero attached hydrogens (tertiary/aromatic N) is 1. The number of likely N-dealkylation sites (tertiary alicyclic amines) is 1. The summed E-state index contributed by atoms with van der Waals surface area (Å²) in [6.07, 6.45) is 6.50. The molecular formula is C14H15NO4. The standard InChI is InChI=1S/C14H15NO4/c1-18-13(17)15-6-5-14(10-3-7-19-9-10)4-2-11(16)8-12(14)15/h3,7-9H,2,4-6H2,1H3/t14-/m1/s1. The molecule has 0 N–H and O–H groups in total. The van der Waals surface area contributed by atoms with Crippen molar-refractivity contribution >= 4 is 11.9 Å². The number of hydrogen-bond donors (Lipinski definition) is 0. The van der Waals surface area contributed by atoms with Crippen molar-refractivity contribution in [2.75, 3.05) is 13.7 Å².